The number of carboxylic acids is 1. The van der Waals surface area contributed by atoms with Gasteiger partial charge in [0.1, 0.15) is 84.0 Å². The molecule has 131 heavy (non-hydrogen) atoms. The monoisotopic (exact) mass is 1840 g/mol. The molecule has 1 aromatic heterocycles. The third kappa shape index (κ3) is 30.9. The Morgan fingerprint density at radius 3 is 1.69 bits per heavy atom. The second-order valence-electron chi connectivity index (χ2n) is 34.0. The number of hydrogen-bond acceptors (Lipinski definition) is 22. The number of carboxylic acid groups (broad SMARTS) is 1. The molecule has 38 heteroatoms. The van der Waals surface area contributed by atoms with Crippen molar-refractivity contribution in [2.24, 2.45) is 29.0 Å². The molecule has 0 saturated carbocycles. The van der Waals surface area contributed by atoms with Crippen molar-refractivity contribution >= 4 is 112 Å². The molecule has 36 nitrogen and oxygen atoms in total. The van der Waals surface area contributed by atoms with E-state index in [0.717, 1.165) is 27.6 Å². The topological polar surface area (TPSA) is 532 Å². The number of H-pyrrole nitrogens is 1. The maximum atomic E-state index is 15.6. The van der Waals surface area contributed by atoms with E-state index in [1.165, 1.54) is 101 Å². The van der Waals surface area contributed by atoms with E-state index in [9.17, 15) is 67.7 Å². The zero-order valence-corrected chi connectivity index (χ0v) is 76.1. The number of aromatic nitrogens is 1. The predicted molar refractivity (Wildman–Crippen MR) is 488 cm³/mol. The molecular weight excluding hydrogens is 1710 g/mol. The first-order valence-electron chi connectivity index (χ1n) is 44.2. The van der Waals surface area contributed by atoms with E-state index in [-0.39, 0.29) is 133 Å². The molecule has 2 aliphatic rings. The Labute approximate surface area is 765 Å². The Kier molecular flexibility index (Phi) is 40.7. The number of fused-ring (bicyclic) bond motifs is 1. The van der Waals surface area contributed by atoms with Gasteiger partial charge >= 0.3 is 5.97 Å². The number of phenols is 2. The van der Waals surface area contributed by atoms with E-state index in [4.69, 9.17) is 21.9 Å². The summed E-state index contributed by atoms with van der Waals surface area (Å²) in [6, 6.07) is 16.5. The van der Waals surface area contributed by atoms with Crippen LogP contribution in [-0.2, 0) is 109 Å². The van der Waals surface area contributed by atoms with E-state index in [1.54, 1.807) is 82.4 Å². The van der Waals surface area contributed by atoms with Crippen LogP contribution in [0.15, 0.2) is 134 Å². The van der Waals surface area contributed by atoms with Crippen molar-refractivity contribution in [1.29, 1.82) is 0 Å². The molecule has 0 radical (unpaired) electrons. The van der Waals surface area contributed by atoms with Gasteiger partial charge in [-0.2, -0.15) is 0 Å². The number of rotatable bonds is 52. The average molecular weight is 1840 g/mol. The summed E-state index contributed by atoms with van der Waals surface area (Å²) in [5, 5.41) is 53.0. The van der Waals surface area contributed by atoms with Crippen molar-refractivity contribution < 1.29 is 96.4 Å². The Morgan fingerprint density at radius 2 is 1.11 bits per heavy atom. The molecule has 710 valence electrons. The number of hydrogen-bond donors (Lipinski definition) is 15. The number of amides is 13. The molecule has 2 saturated heterocycles. The van der Waals surface area contributed by atoms with Crippen LogP contribution in [0.2, 0.25) is 0 Å². The molecule has 5 aromatic carbocycles. The highest BCUT2D eigenvalue weighted by molar-refractivity contribution is 8.00. The lowest BCUT2D eigenvalue weighted by Gasteiger charge is -2.38. The van der Waals surface area contributed by atoms with E-state index in [0.29, 0.717) is 53.4 Å². The molecule has 2 aliphatic heterocycles. The summed E-state index contributed by atoms with van der Waals surface area (Å²) in [7, 11) is 4.17. The molecule has 6 aromatic rings. The number of aldehydes is 1. The summed E-state index contributed by atoms with van der Waals surface area (Å²) in [6.45, 7) is 8.07. The number of unbranched alkanes of at least 4 members (excludes halogenated alkanes) is 1. The van der Waals surface area contributed by atoms with Crippen molar-refractivity contribution in [2.45, 2.75) is 209 Å². The van der Waals surface area contributed by atoms with Crippen LogP contribution in [0.3, 0.4) is 0 Å². The maximum Gasteiger partial charge on any atom is 0.305 e. The molecular formula is C93H126FN17O19S. The van der Waals surface area contributed by atoms with Gasteiger partial charge in [-0.25, -0.2) is 4.39 Å². The second kappa shape index (κ2) is 51.3. The van der Waals surface area contributed by atoms with Crippen LogP contribution in [-0.4, -0.2) is 285 Å². The van der Waals surface area contributed by atoms with Gasteiger partial charge in [0.25, 0.3) is 0 Å². The smallest absolute Gasteiger partial charge is 0.305 e. The van der Waals surface area contributed by atoms with E-state index >= 15 is 24.0 Å². The first-order valence-corrected chi connectivity index (χ1v) is 45.4. The number of nitrogens with two attached hydrogens (primary N) is 3. The van der Waals surface area contributed by atoms with Crippen molar-refractivity contribution in [3.63, 3.8) is 0 Å². The maximum absolute atomic E-state index is 15.6. The molecule has 2 fully saturated rings. The molecule has 0 bridgehead atoms. The Balaban J connectivity index is 1.00. The summed E-state index contributed by atoms with van der Waals surface area (Å²) in [6.07, 6.45) is 2.93. The molecule has 0 aliphatic carbocycles. The van der Waals surface area contributed by atoms with Crippen LogP contribution >= 0.6 is 11.8 Å². The standard InChI is InChI=1S/C93H126FN17O19S/c1-9-10-24-76(92(128)111-41-18-26-75(111)88(124)105-72(47-81(117)118)86(122)106-82(56(4)5)93(129)109(8)78(50-112)55(2)3)107(6)91(127)77(45-57-19-12-11-13-20-57)108(7)90(126)73(44-59-27-33-62(94)34-28-59)101-80(116)53-131-52-63(51-130-54-98-49-79(97)115)100-83(119)69(23-16-39-95)102-84(120)70(43-60-31-37-65(114)38-32-60)103-85(121)71(46-61-48-99-68-22-15-14-21-66(61)68)104-87(123)74-25-17-40-110(74)89(125)67(96)42-58-29-35-64(113)36-30-58/h11-15,19-22,27-38,48,50,55-56,63,67,69-78,82,98-99,113-114H,9-10,16-18,23-26,39-47,49,51-54,95-96H2,1-8H3,(H2,97,115)(H,100,119)(H,101,116)(H,102,120)(H,103,121)(H,104,123)(H,105,124)(H,106,122)(H,117,118)/t63-,67+,69+,70+,71+,72+,73+,74-,75-,76+,77?,78-,82+/m1/s1. The number of nitrogens with one attached hydrogen (secondary N) is 9. The molecule has 3 heterocycles. The van der Waals surface area contributed by atoms with Gasteiger partial charge in [0.2, 0.25) is 76.8 Å². The lowest BCUT2D eigenvalue weighted by molar-refractivity contribution is -0.152. The fourth-order valence-electron chi connectivity index (χ4n) is 16.0. The largest absolute Gasteiger partial charge is 0.508 e. The molecule has 13 amide bonds. The molecule has 8 rings (SSSR count). The van der Waals surface area contributed by atoms with Crippen molar-refractivity contribution in [2.75, 3.05) is 72.2 Å². The fourth-order valence-corrected chi connectivity index (χ4v) is 16.9. The van der Waals surface area contributed by atoms with Crippen LogP contribution in [0, 0.1) is 17.7 Å². The van der Waals surface area contributed by atoms with E-state index in [2.05, 4.69) is 47.5 Å². The number of primary amides is 1. The number of carbonyl (C=O) groups is 15. The minimum atomic E-state index is -1.74. The highest BCUT2D eigenvalue weighted by Gasteiger charge is 2.45. The normalized spacial score (nSPS) is 16.2. The molecule has 1 unspecified atom stereocenters. The number of halogens is 1. The number of likely N-dealkylation sites (tertiary alicyclic amines) is 2. The minimum Gasteiger partial charge on any atom is -0.508 e. The second-order valence-corrected chi connectivity index (χ2v) is 35.0. The number of para-hydroxylation sites is 1. The Hall–Kier alpha value is -12.4. The lowest BCUT2D eigenvalue weighted by Crippen LogP contribution is -2.61. The third-order valence-corrected chi connectivity index (χ3v) is 24.4. The number of phenolic OH excluding ortho intramolecular Hbond substituents is 2. The van der Waals surface area contributed by atoms with Gasteiger partial charge in [-0.05, 0) is 140 Å². The zero-order chi connectivity index (χ0) is 95.7. The Morgan fingerprint density at radius 1 is 0.580 bits per heavy atom. The quantitative estimate of drug-likeness (QED) is 0.0148. The summed E-state index contributed by atoms with van der Waals surface area (Å²) < 4.78 is 20.5. The number of thioether (sulfide) groups is 1. The highest BCUT2D eigenvalue weighted by Crippen LogP contribution is 2.28. The van der Waals surface area contributed by atoms with E-state index < -0.39 is 185 Å². The number of aliphatic carboxylic acids is 1. The first kappa shape index (κ1) is 104. The van der Waals surface area contributed by atoms with Crippen LogP contribution in [0.25, 0.3) is 10.9 Å². The number of aromatic amines is 1. The van der Waals surface area contributed by atoms with Crippen LogP contribution in [0.5, 0.6) is 11.5 Å². The molecule has 18 N–H and O–H groups in total. The fraction of sp³-hybridized carbons (Fsp3) is 0.495. The van der Waals surface area contributed by atoms with Crippen LogP contribution < -0.4 is 59.7 Å². The summed E-state index contributed by atoms with van der Waals surface area (Å²) in [4.78, 5) is 223. The van der Waals surface area contributed by atoms with Gasteiger partial charge in [0.15, 0.2) is 0 Å². The van der Waals surface area contributed by atoms with E-state index in [1.807, 2.05) is 25.1 Å². The predicted octanol–water partition coefficient (Wildman–Crippen LogP) is 2.11. The van der Waals surface area contributed by atoms with Crippen LogP contribution in [0.1, 0.15) is 127 Å². The van der Waals surface area contributed by atoms with Gasteiger partial charge < -0.3 is 109 Å². The van der Waals surface area contributed by atoms with Gasteiger partial charge in [0.05, 0.1) is 50.2 Å². The van der Waals surface area contributed by atoms with Crippen molar-refractivity contribution in [3.8, 4) is 11.5 Å². The zero-order valence-electron chi connectivity index (χ0n) is 75.3. The SMILES string of the molecule is CCCC[C@@H](C(=O)N1CCC[C@@H]1C(=O)N[C@@H](CC(=O)O)C(=O)N[C@H](C(=O)N(C)[C@H](C=O)C(C)C)C(C)C)N(C)C(=O)C(Cc1ccccc1)N(C)C(=O)[C@H](Cc1ccc(F)cc1)NC(=O)CSC[C@@H](COCNCC(N)=O)NC(=O)[C@H](CCCN)NC(=O)[C@H](Cc1ccc(O)cc1)NC(=O)[C@H](Cc1c[nH]c2ccccc12)NC(=O)[C@H]1CCCN1C(=O)[C@@H](N)Cc1ccc(O)cc1. The van der Waals surface area contributed by atoms with Gasteiger partial charge in [0, 0.05) is 82.8 Å². The molecule has 13 atom stereocenters. The first-order chi connectivity index (χ1) is 62.5. The Bertz CT molecular complexity index is 4880. The van der Waals surface area contributed by atoms with Gasteiger partial charge in [-0.1, -0.05) is 132 Å². The minimum absolute atomic E-state index is 0.0132. The number of nitrogens with zero attached hydrogens (tertiary/aromatic N) is 5. The van der Waals surface area contributed by atoms with Gasteiger partial charge in [-0.3, -0.25) is 72.4 Å². The lowest BCUT2D eigenvalue weighted by atomic mass is 9.98. The number of ether oxygens (including phenoxy) is 1. The summed E-state index contributed by atoms with van der Waals surface area (Å²) in [5.41, 5.74) is 21.4. The number of aromatic hydroxyl groups is 2. The van der Waals surface area contributed by atoms with Crippen molar-refractivity contribution in [3.05, 3.63) is 167 Å². The number of likely N-dealkylation sites (N-methyl/N-ethyl adjacent to an activating group) is 3. The summed E-state index contributed by atoms with van der Waals surface area (Å²) in [5.74, 6) is -13.2. The summed E-state index contributed by atoms with van der Waals surface area (Å²) >= 11 is 0.984. The average Bonchev–Trinajstić information content (AvgIpc) is 1.75. The molecule has 0 spiro atoms. The number of benzene rings is 5. The van der Waals surface area contributed by atoms with Gasteiger partial charge in [-0.15, -0.1) is 11.8 Å². The van der Waals surface area contributed by atoms with Crippen molar-refractivity contribution in [1.82, 2.24) is 72.0 Å². The highest BCUT2D eigenvalue weighted by atomic mass is 32.2. The number of carbonyl (C=O) groups excluding carboxylic acids is 14. The third-order valence-electron chi connectivity index (χ3n) is 23.3. The van der Waals surface area contributed by atoms with Crippen LogP contribution in [0.4, 0.5) is 4.39 Å².